The van der Waals surface area contributed by atoms with Gasteiger partial charge in [0.15, 0.2) is 14.8 Å². The summed E-state index contributed by atoms with van der Waals surface area (Å²) in [5, 5.41) is 0. The Bertz CT molecular complexity index is 445. The molecule has 1 unspecified atom stereocenters. The van der Waals surface area contributed by atoms with E-state index in [4.69, 9.17) is 4.43 Å². The molecule has 0 radical (unpaired) electrons. The minimum atomic E-state index is -1.24. The Morgan fingerprint density at radius 2 is 1.54 bits per heavy atom. The van der Waals surface area contributed by atoms with E-state index in [0.29, 0.717) is 12.2 Å². The van der Waals surface area contributed by atoms with E-state index in [2.05, 4.69) is 47.7 Å². The molecule has 140 valence electrons. The van der Waals surface area contributed by atoms with Gasteiger partial charge in [0.1, 0.15) is 0 Å². The molecule has 1 aliphatic carbocycles. The smallest absolute Gasteiger partial charge is 0.172 e. The second-order valence-corrected chi connectivity index (χ2v) is 11.0. The molecule has 2 nitrogen and oxygen atoms in total. The Morgan fingerprint density at radius 1 is 1.00 bits per heavy atom. The summed E-state index contributed by atoms with van der Waals surface area (Å²) < 4.78 is 6.67. The van der Waals surface area contributed by atoms with Crippen LogP contribution in [0.3, 0.4) is 0 Å². The second kappa shape index (κ2) is 9.33. The molecule has 0 aromatic heterocycles. The molecule has 3 heteroatoms. The molecule has 0 saturated carbocycles. The molecule has 0 aromatic carbocycles. The number of ketones is 1. The van der Waals surface area contributed by atoms with Crippen LogP contribution in [0.2, 0.25) is 13.1 Å². The SMILES string of the molecule is CCCCCC1=C(CCCCC)C(O[SiH](C)C)(C(C)(C)C)CC1=O. The number of rotatable bonds is 10. The van der Waals surface area contributed by atoms with Crippen LogP contribution in [-0.4, -0.2) is 20.4 Å². The molecule has 0 fully saturated rings. The van der Waals surface area contributed by atoms with Crippen LogP contribution in [0.15, 0.2) is 11.1 Å². The van der Waals surface area contributed by atoms with E-state index in [-0.39, 0.29) is 11.0 Å². The summed E-state index contributed by atoms with van der Waals surface area (Å²) in [6.45, 7) is 15.7. The quantitative estimate of drug-likeness (QED) is 0.345. The van der Waals surface area contributed by atoms with Gasteiger partial charge in [-0.15, -0.1) is 0 Å². The van der Waals surface area contributed by atoms with Crippen LogP contribution < -0.4 is 0 Å². The predicted octanol–water partition coefficient (Wildman–Crippen LogP) is 6.20. The van der Waals surface area contributed by atoms with Gasteiger partial charge in [0, 0.05) is 6.42 Å². The highest BCUT2D eigenvalue weighted by atomic mass is 28.3. The zero-order valence-electron chi connectivity index (χ0n) is 17.3. The molecule has 1 rings (SSSR count). The normalized spacial score (nSPS) is 22.1. The van der Waals surface area contributed by atoms with Crippen molar-refractivity contribution < 1.29 is 9.22 Å². The fraction of sp³-hybridized carbons (Fsp3) is 0.857. The van der Waals surface area contributed by atoms with Gasteiger partial charge >= 0.3 is 0 Å². The fourth-order valence-corrected chi connectivity index (χ4v) is 5.39. The molecule has 0 amide bonds. The summed E-state index contributed by atoms with van der Waals surface area (Å²) >= 11 is 0. The number of hydrogen-bond acceptors (Lipinski definition) is 2. The van der Waals surface area contributed by atoms with Crippen molar-refractivity contribution in [3.8, 4) is 0 Å². The monoisotopic (exact) mass is 352 g/mol. The molecule has 24 heavy (non-hydrogen) atoms. The van der Waals surface area contributed by atoms with Gasteiger partial charge in [-0.1, -0.05) is 60.3 Å². The maximum Gasteiger partial charge on any atom is 0.172 e. The van der Waals surface area contributed by atoms with Gasteiger partial charge in [0.2, 0.25) is 0 Å². The minimum absolute atomic E-state index is 0.0337. The molecule has 0 aliphatic heterocycles. The van der Waals surface area contributed by atoms with E-state index in [0.717, 1.165) is 24.8 Å². The van der Waals surface area contributed by atoms with Crippen LogP contribution in [0.4, 0.5) is 0 Å². The van der Waals surface area contributed by atoms with Gasteiger partial charge < -0.3 is 4.43 Å². The summed E-state index contributed by atoms with van der Waals surface area (Å²) in [5.74, 6) is 0.363. The number of carbonyl (C=O) groups is 1. The number of allylic oxidation sites excluding steroid dienone is 1. The second-order valence-electron chi connectivity index (χ2n) is 8.71. The summed E-state index contributed by atoms with van der Waals surface area (Å²) in [5.41, 5.74) is 2.11. The van der Waals surface area contributed by atoms with Gasteiger partial charge in [-0.05, 0) is 55.3 Å². The first-order valence-electron chi connectivity index (χ1n) is 10.1. The molecule has 0 aromatic rings. The Kier molecular flexibility index (Phi) is 8.41. The van der Waals surface area contributed by atoms with Crippen molar-refractivity contribution in [1.29, 1.82) is 0 Å². The third-order valence-electron chi connectivity index (χ3n) is 5.31. The van der Waals surface area contributed by atoms with E-state index in [1.807, 2.05) is 0 Å². The highest BCUT2D eigenvalue weighted by Gasteiger charge is 2.52. The van der Waals surface area contributed by atoms with Crippen molar-refractivity contribution in [2.75, 3.05) is 0 Å². The number of unbranched alkanes of at least 4 members (excludes halogenated alkanes) is 4. The lowest BCUT2D eigenvalue weighted by Gasteiger charge is -2.45. The maximum atomic E-state index is 12.9. The first kappa shape index (κ1) is 21.6. The van der Waals surface area contributed by atoms with Crippen LogP contribution in [0, 0.1) is 5.41 Å². The predicted molar refractivity (Wildman–Crippen MR) is 107 cm³/mol. The number of carbonyl (C=O) groups excluding carboxylic acids is 1. The van der Waals surface area contributed by atoms with Gasteiger partial charge in [0.05, 0.1) is 5.60 Å². The highest BCUT2D eigenvalue weighted by molar-refractivity contribution is 6.48. The van der Waals surface area contributed by atoms with Crippen molar-refractivity contribution in [3.63, 3.8) is 0 Å². The zero-order chi connectivity index (χ0) is 18.4. The number of Topliss-reactive ketones (excluding diaryl/α,β-unsaturated/α-hetero) is 1. The lowest BCUT2D eigenvalue weighted by molar-refractivity contribution is -0.119. The lowest BCUT2D eigenvalue weighted by atomic mass is 9.71. The van der Waals surface area contributed by atoms with E-state index >= 15 is 0 Å². The van der Waals surface area contributed by atoms with Gasteiger partial charge in [-0.2, -0.15) is 0 Å². The number of hydrogen-bond donors (Lipinski definition) is 0. The Balaban J connectivity index is 3.25. The van der Waals surface area contributed by atoms with E-state index in [1.54, 1.807) is 0 Å². The topological polar surface area (TPSA) is 26.3 Å². The van der Waals surface area contributed by atoms with Gasteiger partial charge in [-0.3, -0.25) is 4.79 Å². The highest BCUT2D eigenvalue weighted by Crippen LogP contribution is 2.51. The standard InChI is InChI=1S/C21H40O2Si/c1-8-10-12-14-17-18(15-13-11-9-2)21(16-19(17)22,20(3,4)5)23-24(6)7/h24H,8-16H2,1-7H3. The molecule has 1 atom stereocenters. The van der Waals surface area contributed by atoms with Gasteiger partial charge in [0.25, 0.3) is 0 Å². The maximum absolute atomic E-state index is 12.9. The van der Waals surface area contributed by atoms with Crippen molar-refractivity contribution in [2.24, 2.45) is 5.41 Å². The van der Waals surface area contributed by atoms with Crippen LogP contribution in [0.25, 0.3) is 0 Å². The molecule has 1 aliphatic rings. The summed E-state index contributed by atoms with van der Waals surface area (Å²) in [4.78, 5) is 12.9. The Hall–Kier alpha value is -0.413. The molecule has 0 spiro atoms. The van der Waals surface area contributed by atoms with Crippen molar-refractivity contribution in [2.45, 2.75) is 111 Å². The van der Waals surface area contributed by atoms with Crippen molar-refractivity contribution >= 4 is 14.8 Å². The van der Waals surface area contributed by atoms with E-state index in [9.17, 15) is 4.79 Å². The average Bonchev–Trinajstić information content (AvgIpc) is 2.72. The molecular weight excluding hydrogens is 312 g/mol. The fourth-order valence-electron chi connectivity index (χ4n) is 4.01. The first-order valence-corrected chi connectivity index (χ1v) is 12.9. The van der Waals surface area contributed by atoms with Crippen molar-refractivity contribution in [1.82, 2.24) is 0 Å². The molecule has 0 heterocycles. The largest absolute Gasteiger partial charge is 0.410 e. The van der Waals surface area contributed by atoms with E-state index < -0.39 is 9.04 Å². The van der Waals surface area contributed by atoms with Crippen LogP contribution in [-0.2, 0) is 9.22 Å². The van der Waals surface area contributed by atoms with Crippen molar-refractivity contribution in [3.05, 3.63) is 11.1 Å². The zero-order valence-corrected chi connectivity index (χ0v) is 18.4. The third-order valence-corrected chi connectivity index (χ3v) is 6.18. The molecular formula is C21H40O2Si. The summed E-state index contributed by atoms with van der Waals surface area (Å²) in [6, 6.07) is 0. The summed E-state index contributed by atoms with van der Waals surface area (Å²) in [6.07, 6.45) is 9.74. The molecule has 0 N–H and O–H groups in total. The van der Waals surface area contributed by atoms with Gasteiger partial charge in [-0.25, -0.2) is 0 Å². The van der Waals surface area contributed by atoms with E-state index in [1.165, 1.54) is 37.7 Å². The van der Waals surface area contributed by atoms with Crippen LogP contribution in [0.1, 0.15) is 92.4 Å². The lowest BCUT2D eigenvalue weighted by Crippen LogP contribution is -2.48. The summed E-state index contributed by atoms with van der Waals surface area (Å²) in [7, 11) is -1.24. The molecule has 0 bridgehead atoms. The van der Waals surface area contributed by atoms with Crippen LogP contribution in [0.5, 0.6) is 0 Å². The molecule has 0 saturated heterocycles. The Morgan fingerprint density at radius 3 is 2.00 bits per heavy atom. The van der Waals surface area contributed by atoms with Crippen LogP contribution >= 0.6 is 0 Å². The minimum Gasteiger partial charge on any atom is -0.410 e. The third kappa shape index (κ3) is 5.04. The average molecular weight is 353 g/mol. The Labute approximate surface area is 152 Å². The first-order chi connectivity index (χ1) is 11.2.